The molecule has 0 amide bonds. The summed E-state index contributed by atoms with van der Waals surface area (Å²) in [4.78, 5) is 0. The van der Waals surface area contributed by atoms with Crippen LogP contribution in [-0.2, 0) is 0 Å². The Kier molecular flexibility index (Phi) is 4.71. The van der Waals surface area contributed by atoms with Crippen molar-refractivity contribution >= 4 is 11.6 Å². The van der Waals surface area contributed by atoms with E-state index in [1.807, 2.05) is 13.8 Å². The van der Waals surface area contributed by atoms with Crippen LogP contribution in [0.15, 0.2) is 35.0 Å². The molecule has 0 saturated heterocycles. The summed E-state index contributed by atoms with van der Waals surface area (Å²) in [6.07, 6.45) is 4.25. The van der Waals surface area contributed by atoms with Gasteiger partial charge in [-0.3, -0.25) is 0 Å². The summed E-state index contributed by atoms with van der Waals surface area (Å²) in [5.41, 5.74) is 7.36. The first kappa shape index (κ1) is 10.3. The van der Waals surface area contributed by atoms with E-state index in [0.717, 1.165) is 17.7 Å². The summed E-state index contributed by atoms with van der Waals surface area (Å²) in [6.45, 7) is 7.42. The normalized spacial score (nSPS) is 14.3. The summed E-state index contributed by atoms with van der Waals surface area (Å²) >= 11 is 5.89. The van der Waals surface area contributed by atoms with Crippen molar-refractivity contribution in [3.63, 3.8) is 0 Å². The van der Waals surface area contributed by atoms with Gasteiger partial charge in [-0.2, -0.15) is 0 Å². The summed E-state index contributed by atoms with van der Waals surface area (Å²) < 4.78 is 0. The van der Waals surface area contributed by atoms with E-state index in [-0.39, 0.29) is 0 Å². The minimum atomic E-state index is 0.683. The second-order valence-electron chi connectivity index (χ2n) is 2.27. The molecule has 0 saturated carbocycles. The molecular weight excluding hydrogens is 158 g/mol. The van der Waals surface area contributed by atoms with Crippen LogP contribution in [0.1, 0.15) is 20.3 Å². The Morgan fingerprint density at radius 2 is 2.18 bits per heavy atom. The maximum atomic E-state index is 5.89. The van der Waals surface area contributed by atoms with Crippen LogP contribution in [0.25, 0.3) is 0 Å². The Morgan fingerprint density at radius 3 is 2.45 bits per heavy atom. The van der Waals surface area contributed by atoms with Crippen molar-refractivity contribution in [2.24, 2.45) is 5.73 Å². The lowest BCUT2D eigenvalue weighted by Crippen LogP contribution is -1.97. The molecule has 0 bridgehead atoms. The molecule has 0 rings (SSSR count). The molecule has 0 heterocycles. The third-order valence-electron chi connectivity index (χ3n) is 1.38. The summed E-state index contributed by atoms with van der Waals surface area (Å²) in [5, 5.41) is 0.683. The molecule has 1 nitrogen and oxygen atoms in total. The number of hydrogen-bond donors (Lipinski definition) is 1. The fourth-order valence-corrected chi connectivity index (χ4v) is 1.21. The molecule has 0 aliphatic rings. The first-order valence-electron chi connectivity index (χ1n) is 3.57. The van der Waals surface area contributed by atoms with Crippen molar-refractivity contribution in [2.45, 2.75) is 20.3 Å². The molecule has 62 valence electrons. The molecule has 2 N–H and O–H groups in total. The van der Waals surface area contributed by atoms with E-state index in [9.17, 15) is 0 Å². The van der Waals surface area contributed by atoms with Gasteiger partial charge in [-0.05, 0) is 25.0 Å². The van der Waals surface area contributed by atoms with Crippen molar-refractivity contribution in [3.8, 4) is 0 Å². The fourth-order valence-electron chi connectivity index (χ4n) is 0.840. The molecule has 0 atom stereocenters. The molecule has 0 aromatic carbocycles. The SMILES string of the molecule is C=C/C=C(Cl)\C(CC)=C(\C)N. The zero-order valence-electron chi connectivity index (χ0n) is 7.02. The first-order valence-corrected chi connectivity index (χ1v) is 3.95. The molecule has 0 aromatic rings. The van der Waals surface area contributed by atoms with E-state index in [4.69, 9.17) is 17.3 Å². The average molecular weight is 172 g/mol. The van der Waals surface area contributed by atoms with Crippen molar-refractivity contribution in [1.29, 1.82) is 0 Å². The van der Waals surface area contributed by atoms with Gasteiger partial charge in [0.05, 0.1) is 0 Å². The number of allylic oxidation sites excluding steroid dienone is 5. The van der Waals surface area contributed by atoms with Crippen molar-refractivity contribution < 1.29 is 0 Å². The second-order valence-corrected chi connectivity index (χ2v) is 2.67. The maximum absolute atomic E-state index is 5.89. The molecule has 2 heteroatoms. The quantitative estimate of drug-likeness (QED) is 0.650. The summed E-state index contributed by atoms with van der Waals surface area (Å²) in [7, 11) is 0. The summed E-state index contributed by atoms with van der Waals surface area (Å²) in [6, 6.07) is 0. The Hall–Kier alpha value is -0.690. The van der Waals surface area contributed by atoms with Gasteiger partial charge >= 0.3 is 0 Å². The van der Waals surface area contributed by atoms with Gasteiger partial charge in [-0.25, -0.2) is 0 Å². The maximum Gasteiger partial charge on any atom is 0.0454 e. The third kappa shape index (κ3) is 3.28. The number of nitrogens with two attached hydrogens (primary N) is 1. The molecule has 0 spiro atoms. The van der Waals surface area contributed by atoms with E-state index in [1.165, 1.54) is 0 Å². The highest BCUT2D eigenvalue weighted by atomic mass is 35.5. The topological polar surface area (TPSA) is 26.0 Å². The van der Waals surface area contributed by atoms with Crippen molar-refractivity contribution in [3.05, 3.63) is 35.0 Å². The van der Waals surface area contributed by atoms with Crippen LogP contribution < -0.4 is 5.73 Å². The minimum Gasteiger partial charge on any atom is -0.402 e. The minimum absolute atomic E-state index is 0.683. The van der Waals surface area contributed by atoms with Crippen molar-refractivity contribution in [1.82, 2.24) is 0 Å². The van der Waals surface area contributed by atoms with Crippen molar-refractivity contribution in [2.75, 3.05) is 0 Å². The molecule has 0 radical (unpaired) electrons. The monoisotopic (exact) mass is 171 g/mol. The standard InChI is InChI=1S/C9H14ClN/c1-4-6-9(10)8(5-2)7(3)11/h4,6H,1,5,11H2,2-3H3/b8-7-,9-6+. The molecule has 11 heavy (non-hydrogen) atoms. The zero-order valence-corrected chi connectivity index (χ0v) is 7.78. The van der Waals surface area contributed by atoms with Gasteiger partial charge in [0.2, 0.25) is 0 Å². The van der Waals surface area contributed by atoms with Crippen LogP contribution in [0.3, 0.4) is 0 Å². The van der Waals surface area contributed by atoms with E-state index < -0.39 is 0 Å². The van der Waals surface area contributed by atoms with Crippen LogP contribution in [0.4, 0.5) is 0 Å². The largest absolute Gasteiger partial charge is 0.402 e. The van der Waals surface area contributed by atoms with Crippen LogP contribution in [0.5, 0.6) is 0 Å². The van der Waals surface area contributed by atoms with Crippen LogP contribution in [-0.4, -0.2) is 0 Å². The van der Waals surface area contributed by atoms with Crippen LogP contribution >= 0.6 is 11.6 Å². The van der Waals surface area contributed by atoms with Gasteiger partial charge in [-0.15, -0.1) is 0 Å². The van der Waals surface area contributed by atoms with E-state index in [2.05, 4.69) is 6.58 Å². The van der Waals surface area contributed by atoms with Gasteiger partial charge in [0, 0.05) is 10.7 Å². The lowest BCUT2D eigenvalue weighted by molar-refractivity contribution is 1.08. The number of hydrogen-bond acceptors (Lipinski definition) is 1. The Morgan fingerprint density at radius 1 is 1.64 bits per heavy atom. The average Bonchev–Trinajstić information content (AvgIpc) is 1.88. The highest BCUT2D eigenvalue weighted by Crippen LogP contribution is 2.19. The Balaban J connectivity index is 4.66. The molecule has 0 fully saturated rings. The molecule has 0 aliphatic carbocycles. The van der Waals surface area contributed by atoms with Crippen LogP contribution in [0, 0.1) is 0 Å². The molecule has 0 unspecified atom stereocenters. The van der Waals surface area contributed by atoms with E-state index in [0.29, 0.717) is 5.03 Å². The zero-order chi connectivity index (χ0) is 8.85. The number of rotatable bonds is 3. The van der Waals surface area contributed by atoms with Crippen LogP contribution in [0.2, 0.25) is 0 Å². The molecular formula is C9H14ClN. The van der Waals surface area contributed by atoms with E-state index in [1.54, 1.807) is 12.2 Å². The lowest BCUT2D eigenvalue weighted by atomic mass is 10.1. The molecule has 0 aromatic heterocycles. The fraction of sp³-hybridized carbons (Fsp3) is 0.333. The second kappa shape index (κ2) is 5.03. The van der Waals surface area contributed by atoms with Gasteiger partial charge in [-0.1, -0.05) is 31.2 Å². The molecule has 0 aliphatic heterocycles. The van der Waals surface area contributed by atoms with Gasteiger partial charge in [0.1, 0.15) is 0 Å². The lowest BCUT2D eigenvalue weighted by Gasteiger charge is -2.03. The highest BCUT2D eigenvalue weighted by molar-refractivity contribution is 6.32. The van der Waals surface area contributed by atoms with Gasteiger partial charge < -0.3 is 5.73 Å². The smallest absolute Gasteiger partial charge is 0.0454 e. The third-order valence-corrected chi connectivity index (χ3v) is 1.74. The predicted molar refractivity (Wildman–Crippen MR) is 51.3 cm³/mol. The highest BCUT2D eigenvalue weighted by Gasteiger charge is 2.00. The number of halogens is 1. The predicted octanol–water partition coefficient (Wildman–Crippen LogP) is 2.94. The van der Waals surface area contributed by atoms with Gasteiger partial charge in [0.25, 0.3) is 0 Å². The summed E-state index contributed by atoms with van der Waals surface area (Å²) in [5.74, 6) is 0. The van der Waals surface area contributed by atoms with E-state index >= 15 is 0 Å². The Bertz CT molecular complexity index is 198. The Labute approximate surface area is 73.2 Å². The first-order chi connectivity index (χ1) is 5.13. The van der Waals surface area contributed by atoms with Gasteiger partial charge in [0.15, 0.2) is 0 Å².